The van der Waals surface area contributed by atoms with Crippen molar-refractivity contribution >= 4 is 34.4 Å². The highest BCUT2D eigenvalue weighted by molar-refractivity contribution is 7.12. The Kier molecular flexibility index (Phi) is 6.24. The van der Waals surface area contributed by atoms with Gasteiger partial charge in [-0.15, -0.1) is 11.3 Å². The molecular formula is C26H26N2O4S. The lowest BCUT2D eigenvalue weighted by molar-refractivity contribution is -0.117. The number of aliphatic hydroxyl groups is 1. The Hall–Kier alpha value is -3.58. The van der Waals surface area contributed by atoms with Gasteiger partial charge in [-0.1, -0.05) is 18.2 Å². The predicted molar refractivity (Wildman–Crippen MR) is 132 cm³/mol. The molecule has 33 heavy (non-hydrogen) atoms. The first-order valence-corrected chi connectivity index (χ1v) is 11.5. The van der Waals surface area contributed by atoms with Crippen LogP contribution in [0.3, 0.4) is 0 Å². The molecule has 1 atom stereocenters. The van der Waals surface area contributed by atoms with Crippen LogP contribution in [-0.4, -0.2) is 37.0 Å². The van der Waals surface area contributed by atoms with Gasteiger partial charge in [-0.25, -0.2) is 0 Å². The number of ether oxygens (including phenoxy) is 1. The molecule has 0 aliphatic carbocycles. The number of aliphatic hydroxyl groups excluding tert-OH is 1. The van der Waals surface area contributed by atoms with Gasteiger partial charge in [0.25, 0.3) is 5.91 Å². The summed E-state index contributed by atoms with van der Waals surface area (Å²) in [6.45, 7) is 3.86. The Bertz CT molecular complexity index is 1200. The SMILES string of the molecule is CC(C)Oc1cccc(C2C(C(=O)c3cccs3)=C(O)C(=O)N2c2ccc(N(C)C)cc2)c1. The van der Waals surface area contributed by atoms with Crippen molar-refractivity contribution in [1.29, 1.82) is 0 Å². The van der Waals surface area contributed by atoms with Crippen LogP contribution in [-0.2, 0) is 4.79 Å². The fourth-order valence-corrected chi connectivity index (χ4v) is 4.58. The number of carbonyl (C=O) groups is 2. The minimum atomic E-state index is -0.784. The number of rotatable bonds is 7. The van der Waals surface area contributed by atoms with Gasteiger partial charge < -0.3 is 14.7 Å². The molecule has 1 aliphatic rings. The summed E-state index contributed by atoms with van der Waals surface area (Å²) in [7, 11) is 3.87. The van der Waals surface area contributed by atoms with Crippen LogP contribution in [0.5, 0.6) is 5.75 Å². The Balaban J connectivity index is 1.84. The molecule has 3 aromatic rings. The first-order valence-electron chi connectivity index (χ1n) is 10.7. The maximum Gasteiger partial charge on any atom is 0.294 e. The highest BCUT2D eigenvalue weighted by atomic mass is 32.1. The molecule has 0 spiro atoms. The van der Waals surface area contributed by atoms with E-state index in [1.807, 2.05) is 81.4 Å². The molecule has 1 aliphatic heterocycles. The minimum absolute atomic E-state index is 0.0312. The topological polar surface area (TPSA) is 70.1 Å². The molecule has 170 valence electrons. The molecule has 1 unspecified atom stereocenters. The normalized spacial score (nSPS) is 16.0. The molecule has 4 rings (SSSR count). The largest absolute Gasteiger partial charge is 0.503 e. The number of ketones is 1. The highest BCUT2D eigenvalue weighted by Gasteiger charge is 2.45. The zero-order chi connectivity index (χ0) is 23.7. The second-order valence-electron chi connectivity index (χ2n) is 8.30. The van der Waals surface area contributed by atoms with Gasteiger partial charge in [0.1, 0.15) is 5.75 Å². The molecule has 1 N–H and O–H groups in total. The van der Waals surface area contributed by atoms with Gasteiger partial charge in [0, 0.05) is 25.5 Å². The molecule has 0 saturated carbocycles. The van der Waals surface area contributed by atoms with E-state index in [2.05, 4.69) is 0 Å². The third kappa shape index (κ3) is 4.36. The molecule has 0 bridgehead atoms. The van der Waals surface area contributed by atoms with Crippen LogP contribution >= 0.6 is 11.3 Å². The number of amides is 1. The third-order valence-electron chi connectivity index (χ3n) is 5.39. The number of hydrogen-bond acceptors (Lipinski definition) is 6. The van der Waals surface area contributed by atoms with Crippen LogP contribution in [0.4, 0.5) is 11.4 Å². The molecule has 7 heteroatoms. The summed E-state index contributed by atoms with van der Waals surface area (Å²) in [5, 5.41) is 12.7. The molecule has 1 aromatic heterocycles. The van der Waals surface area contributed by atoms with Crippen molar-refractivity contribution in [2.24, 2.45) is 0 Å². The van der Waals surface area contributed by atoms with Crippen LogP contribution in [0.1, 0.15) is 35.1 Å². The fraction of sp³-hybridized carbons (Fsp3) is 0.231. The Morgan fingerprint density at radius 3 is 2.42 bits per heavy atom. The summed E-state index contributed by atoms with van der Waals surface area (Å²) < 4.78 is 5.85. The predicted octanol–water partition coefficient (Wildman–Crippen LogP) is 5.38. The molecule has 2 heterocycles. The highest BCUT2D eigenvalue weighted by Crippen LogP contribution is 2.43. The van der Waals surface area contributed by atoms with E-state index in [4.69, 9.17) is 4.74 Å². The first-order chi connectivity index (χ1) is 15.8. The van der Waals surface area contributed by atoms with E-state index < -0.39 is 17.7 Å². The quantitative estimate of drug-likeness (QED) is 0.477. The van der Waals surface area contributed by atoms with Crippen LogP contribution < -0.4 is 14.5 Å². The van der Waals surface area contributed by atoms with Gasteiger partial charge in [-0.3, -0.25) is 14.5 Å². The molecular weight excluding hydrogens is 436 g/mol. The number of anilines is 2. The number of benzene rings is 2. The number of Topliss-reactive ketones (excluding diaryl/α,β-unsaturated/α-hetero) is 1. The summed E-state index contributed by atoms with van der Waals surface area (Å²) in [6, 6.07) is 17.4. The van der Waals surface area contributed by atoms with Crippen LogP contribution in [0.2, 0.25) is 0 Å². The van der Waals surface area contributed by atoms with Crippen LogP contribution in [0.25, 0.3) is 0 Å². The summed E-state index contributed by atoms with van der Waals surface area (Å²) in [5.41, 5.74) is 2.32. The summed E-state index contributed by atoms with van der Waals surface area (Å²) >= 11 is 1.28. The van der Waals surface area contributed by atoms with Gasteiger partial charge in [0.05, 0.1) is 22.6 Å². The summed E-state index contributed by atoms with van der Waals surface area (Å²) in [6.07, 6.45) is -0.0312. The first kappa shape index (κ1) is 22.6. The average Bonchev–Trinajstić information content (AvgIpc) is 3.41. The number of nitrogens with zero attached hydrogens (tertiary/aromatic N) is 2. The van der Waals surface area contributed by atoms with Crippen LogP contribution in [0.15, 0.2) is 77.4 Å². The monoisotopic (exact) mass is 462 g/mol. The second-order valence-corrected chi connectivity index (χ2v) is 9.24. The van der Waals surface area contributed by atoms with Crippen molar-refractivity contribution in [3.63, 3.8) is 0 Å². The lowest BCUT2D eigenvalue weighted by Gasteiger charge is -2.27. The average molecular weight is 463 g/mol. The van der Waals surface area contributed by atoms with E-state index >= 15 is 0 Å². The maximum absolute atomic E-state index is 13.4. The van der Waals surface area contributed by atoms with E-state index in [1.54, 1.807) is 17.5 Å². The van der Waals surface area contributed by atoms with Crippen molar-refractivity contribution in [3.05, 3.63) is 87.8 Å². The molecule has 0 saturated heterocycles. The van der Waals surface area contributed by atoms with Gasteiger partial charge in [-0.2, -0.15) is 0 Å². The number of hydrogen-bond donors (Lipinski definition) is 1. The molecule has 6 nitrogen and oxygen atoms in total. The van der Waals surface area contributed by atoms with Crippen molar-refractivity contribution < 1.29 is 19.4 Å². The summed E-state index contributed by atoms with van der Waals surface area (Å²) in [4.78, 5) is 30.6. The van der Waals surface area contributed by atoms with Gasteiger partial charge in [-0.05, 0) is 67.3 Å². The van der Waals surface area contributed by atoms with E-state index in [-0.39, 0.29) is 17.5 Å². The third-order valence-corrected chi connectivity index (χ3v) is 6.26. The van der Waals surface area contributed by atoms with Crippen molar-refractivity contribution in [1.82, 2.24) is 0 Å². The Morgan fingerprint density at radius 2 is 1.82 bits per heavy atom. The summed E-state index contributed by atoms with van der Waals surface area (Å²) in [5.74, 6) is -0.853. The van der Waals surface area contributed by atoms with Crippen LogP contribution in [0, 0.1) is 0 Å². The molecule has 1 amide bonds. The fourth-order valence-electron chi connectivity index (χ4n) is 3.90. The number of thiophene rings is 1. The minimum Gasteiger partial charge on any atom is -0.503 e. The zero-order valence-electron chi connectivity index (χ0n) is 19.0. The molecule has 0 fully saturated rings. The van der Waals surface area contributed by atoms with Crippen molar-refractivity contribution in [2.45, 2.75) is 26.0 Å². The van der Waals surface area contributed by atoms with E-state index in [1.165, 1.54) is 16.2 Å². The van der Waals surface area contributed by atoms with Gasteiger partial charge >= 0.3 is 0 Å². The van der Waals surface area contributed by atoms with Crippen molar-refractivity contribution in [2.75, 3.05) is 23.9 Å². The van der Waals surface area contributed by atoms with E-state index in [0.29, 0.717) is 21.9 Å². The molecule has 0 radical (unpaired) electrons. The van der Waals surface area contributed by atoms with Crippen molar-refractivity contribution in [3.8, 4) is 5.75 Å². The standard InChI is InChI=1S/C26H26N2O4S/c1-16(2)32-20-8-5-7-17(15-20)23-22(24(29)21-9-6-14-33-21)25(30)26(31)28(23)19-12-10-18(11-13-19)27(3)4/h5-16,23,30H,1-4H3. The van der Waals surface area contributed by atoms with Gasteiger partial charge in [0.2, 0.25) is 5.78 Å². The zero-order valence-corrected chi connectivity index (χ0v) is 19.8. The van der Waals surface area contributed by atoms with E-state index in [0.717, 1.165) is 5.69 Å². The number of carbonyl (C=O) groups excluding carboxylic acids is 2. The lowest BCUT2D eigenvalue weighted by atomic mass is 9.95. The second kappa shape index (κ2) is 9.11. The lowest BCUT2D eigenvalue weighted by Crippen LogP contribution is -2.31. The smallest absolute Gasteiger partial charge is 0.294 e. The van der Waals surface area contributed by atoms with Gasteiger partial charge in [0.15, 0.2) is 5.76 Å². The Labute approximate surface area is 197 Å². The molecule has 2 aromatic carbocycles. The Morgan fingerprint density at radius 1 is 1.09 bits per heavy atom. The maximum atomic E-state index is 13.4. The van der Waals surface area contributed by atoms with E-state index in [9.17, 15) is 14.7 Å².